The predicted molar refractivity (Wildman–Crippen MR) is 74.7 cm³/mol. The molecule has 17 heavy (non-hydrogen) atoms. The molecule has 0 aromatic rings. The van der Waals surface area contributed by atoms with Crippen molar-refractivity contribution in [1.29, 1.82) is 5.26 Å². The van der Waals surface area contributed by atoms with Crippen LogP contribution in [-0.4, -0.2) is 5.54 Å². The van der Waals surface area contributed by atoms with E-state index in [2.05, 4.69) is 13.0 Å². The van der Waals surface area contributed by atoms with Gasteiger partial charge in [-0.15, -0.1) is 0 Å². The lowest BCUT2D eigenvalue weighted by Crippen LogP contribution is -2.33. The van der Waals surface area contributed by atoms with Gasteiger partial charge in [-0.05, 0) is 13.3 Å². The summed E-state index contributed by atoms with van der Waals surface area (Å²) in [7, 11) is 0. The lowest BCUT2D eigenvalue weighted by atomic mass is 9.96. The third kappa shape index (κ3) is 11.7. The number of unbranched alkanes of at least 4 members (excludes halogenated alkanes) is 9. The molecule has 0 fully saturated rings. The van der Waals surface area contributed by atoms with E-state index in [4.69, 9.17) is 11.0 Å². The molecule has 1 unspecified atom stereocenters. The fourth-order valence-corrected chi connectivity index (χ4v) is 2.04. The zero-order chi connectivity index (χ0) is 13.0. The molecule has 100 valence electrons. The lowest BCUT2D eigenvalue weighted by Gasteiger charge is -2.14. The van der Waals surface area contributed by atoms with Crippen LogP contribution >= 0.6 is 0 Å². The molecule has 0 saturated heterocycles. The van der Waals surface area contributed by atoms with Crippen LogP contribution in [0.4, 0.5) is 0 Å². The summed E-state index contributed by atoms with van der Waals surface area (Å²) in [6.45, 7) is 4.08. The Morgan fingerprint density at radius 3 is 1.71 bits per heavy atom. The van der Waals surface area contributed by atoms with Gasteiger partial charge in [-0.25, -0.2) is 0 Å². The van der Waals surface area contributed by atoms with Gasteiger partial charge in [-0.2, -0.15) is 5.26 Å². The Balaban J connectivity index is 3.12. The van der Waals surface area contributed by atoms with Gasteiger partial charge in [0.2, 0.25) is 0 Å². The molecule has 0 amide bonds. The molecular formula is C15H30N2. The molecule has 0 spiro atoms. The topological polar surface area (TPSA) is 49.8 Å². The maximum absolute atomic E-state index is 8.76. The Kier molecular flexibility index (Phi) is 10.3. The quantitative estimate of drug-likeness (QED) is 0.537. The minimum atomic E-state index is -0.611. The molecule has 1 atom stereocenters. The summed E-state index contributed by atoms with van der Waals surface area (Å²) in [5, 5.41) is 8.76. The molecule has 0 rings (SSSR count). The van der Waals surface area contributed by atoms with Gasteiger partial charge >= 0.3 is 0 Å². The standard InChI is InChI=1S/C15H30N2/c1-3-4-5-6-7-8-9-10-11-12-13-15(2,17)14-16/h3-13,17H2,1-2H3. The Morgan fingerprint density at radius 2 is 1.29 bits per heavy atom. The van der Waals surface area contributed by atoms with Crippen LogP contribution in [-0.2, 0) is 0 Å². The molecule has 2 heteroatoms. The molecule has 0 aromatic heterocycles. The summed E-state index contributed by atoms with van der Waals surface area (Å²) in [6.07, 6.45) is 14.1. The van der Waals surface area contributed by atoms with Gasteiger partial charge in [0.05, 0.1) is 6.07 Å². The molecule has 0 aliphatic carbocycles. The SMILES string of the molecule is CCCCCCCCCCCCC(C)(N)C#N. The van der Waals surface area contributed by atoms with Gasteiger partial charge < -0.3 is 5.73 Å². The van der Waals surface area contributed by atoms with E-state index in [1.807, 2.05) is 6.92 Å². The molecule has 0 saturated carbocycles. The van der Waals surface area contributed by atoms with E-state index in [0.717, 1.165) is 12.8 Å². The predicted octanol–water partition coefficient (Wildman–Crippen LogP) is 4.54. The van der Waals surface area contributed by atoms with Gasteiger partial charge in [0.15, 0.2) is 0 Å². The number of nitrogens with two attached hydrogens (primary N) is 1. The zero-order valence-electron chi connectivity index (χ0n) is 11.8. The monoisotopic (exact) mass is 238 g/mol. The van der Waals surface area contributed by atoms with Crippen LogP contribution in [0.2, 0.25) is 0 Å². The molecule has 0 aliphatic heterocycles. The second kappa shape index (κ2) is 10.6. The highest BCUT2D eigenvalue weighted by atomic mass is 14.7. The van der Waals surface area contributed by atoms with Gasteiger partial charge in [0, 0.05) is 0 Å². The van der Waals surface area contributed by atoms with Crippen molar-refractivity contribution in [3.8, 4) is 6.07 Å². The summed E-state index contributed by atoms with van der Waals surface area (Å²) in [5.41, 5.74) is 5.15. The number of rotatable bonds is 11. The zero-order valence-corrected chi connectivity index (χ0v) is 11.8. The number of hydrogen-bond donors (Lipinski definition) is 1. The van der Waals surface area contributed by atoms with Gasteiger partial charge in [0.25, 0.3) is 0 Å². The maximum atomic E-state index is 8.76. The fraction of sp³-hybridized carbons (Fsp3) is 0.933. The van der Waals surface area contributed by atoms with Crippen molar-refractivity contribution in [3.05, 3.63) is 0 Å². The molecule has 2 N–H and O–H groups in total. The molecule has 0 bridgehead atoms. The maximum Gasteiger partial charge on any atom is 0.101 e. The van der Waals surface area contributed by atoms with Crippen LogP contribution in [0, 0.1) is 11.3 Å². The first-order valence-electron chi connectivity index (χ1n) is 7.32. The Labute approximate surface area is 108 Å². The first-order chi connectivity index (χ1) is 8.12. The summed E-state index contributed by atoms with van der Waals surface area (Å²) in [4.78, 5) is 0. The summed E-state index contributed by atoms with van der Waals surface area (Å²) in [6, 6.07) is 2.15. The highest BCUT2D eigenvalue weighted by Gasteiger charge is 2.15. The minimum Gasteiger partial charge on any atom is -0.314 e. The third-order valence-corrected chi connectivity index (χ3v) is 3.31. The van der Waals surface area contributed by atoms with Crippen molar-refractivity contribution in [2.75, 3.05) is 0 Å². The highest BCUT2D eigenvalue weighted by Crippen LogP contribution is 2.14. The van der Waals surface area contributed by atoms with Crippen molar-refractivity contribution < 1.29 is 0 Å². The average Bonchev–Trinajstić information content (AvgIpc) is 2.31. The van der Waals surface area contributed by atoms with Gasteiger partial charge in [-0.3, -0.25) is 0 Å². The van der Waals surface area contributed by atoms with Gasteiger partial charge in [-0.1, -0.05) is 71.1 Å². The van der Waals surface area contributed by atoms with Crippen LogP contribution in [0.3, 0.4) is 0 Å². The number of hydrogen-bond acceptors (Lipinski definition) is 2. The Morgan fingerprint density at radius 1 is 0.882 bits per heavy atom. The number of nitriles is 1. The summed E-state index contributed by atoms with van der Waals surface area (Å²) in [5.74, 6) is 0. The van der Waals surface area contributed by atoms with E-state index in [1.54, 1.807) is 0 Å². The molecule has 0 heterocycles. The smallest absolute Gasteiger partial charge is 0.101 e. The number of nitrogens with zero attached hydrogens (tertiary/aromatic N) is 1. The van der Waals surface area contributed by atoms with Crippen molar-refractivity contribution in [3.63, 3.8) is 0 Å². The van der Waals surface area contributed by atoms with E-state index in [1.165, 1.54) is 57.8 Å². The Hall–Kier alpha value is -0.550. The Bertz CT molecular complexity index is 203. The minimum absolute atomic E-state index is 0.611. The average molecular weight is 238 g/mol. The van der Waals surface area contributed by atoms with Crippen LogP contribution in [0.1, 0.15) is 84.5 Å². The van der Waals surface area contributed by atoms with Crippen LogP contribution in [0.25, 0.3) is 0 Å². The van der Waals surface area contributed by atoms with Crippen molar-refractivity contribution in [2.24, 2.45) is 5.73 Å². The van der Waals surface area contributed by atoms with E-state index in [9.17, 15) is 0 Å². The van der Waals surface area contributed by atoms with Gasteiger partial charge in [0.1, 0.15) is 5.54 Å². The van der Waals surface area contributed by atoms with E-state index < -0.39 is 5.54 Å². The van der Waals surface area contributed by atoms with Crippen molar-refractivity contribution in [1.82, 2.24) is 0 Å². The first-order valence-corrected chi connectivity index (χ1v) is 7.32. The highest BCUT2D eigenvalue weighted by molar-refractivity contribution is 5.00. The largest absolute Gasteiger partial charge is 0.314 e. The molecule has 2 nitrogen and oxygen atoms in total. The fourth-order valence-electron chi connectivity index (χ4n) is 2.04. The van der Waals surface area contributed by atoms with Crippen LogP contribution in [0.15, 0.2) is 0 Å². The second-order valence-electron chi connectivity index (χ2n) is 5.46. The normalized spacial score (nSPS) is 14.2. The third-order valence-electron chi connectivity index (χ3n) is 3.31. The van der Waals surface area contributed by atoms with E-state index >= 15 is 0 Å². The molecule has 0 radical (unpaired) electrons. The lowest BCUT2D eigenvalue weighted by molar-refractivity contribution is 0.487. The van der Waals surface area contributed by atoms with Crippen molar-refractivity contribution >= 4 is 0 Å². The van der Waals surface area contributed by atoms with Crippen LogP contribution < -0.4 is 5.73 Å². The summed E-state index contributed by atoms with van der Waals surface area (Å²) < 4.78 is 0. The molecule has 0 aliphatic rings. The van der Waals surface area contributed by atoms with E-state index in [0.29, 0.717) is 0 Å². The first kappa shape index (κ1) is 16.4. The van der Waals surface area contributed by atoms with E-state index in [-0.39, 0.29) is 0 Å². The molecule has 0 aromatic carbocycles. The molecular weight excluding hydrogens is 208 g/mol. The van der Waals surface area contributed by atoms with Crippen molar-refractivity contribution in [2.45, 2.75) is 90.0 Å². The van der Waals surface area contributed by atoms with Crippen LogP contribution in [0.5, 0.6) is 0 Å². The second-order valence-corrected chi connectivity index (χ2v) is 5.46. The summed E-state index contributed by atoms with van der Waals surface area (Å²) >= 11 is 0.